The molecule has 0 amide bonds. The van der Waals surface area contributed by atoms with Crippen LogP contribution in [0.3, 0.4) is 0 Å². The maximum Gasteiger partial charge on any atom is 0.0147 e. The summed E-state index contributed by atoms with van der Waals surface area (Å²) in [6.45, 7) is 3.63. The van der Waals surface area contributed by atoms with E-state index in [1.165, 1.54) is 70.8 Å². The molecule has 0 saturated heterocycles. The fraction of sp³-hybridized carbons (Fsp3) is 0.867. The van der Waals surface area contributed by atoms with Gasteiger partial charge in [-0.2, -0.15) is 0 Å². The van der Waals surface area contributed by atoms with Crippen LogP contribution in [0.25, 0.3) is 0 Å². The van der Waals surface area contributed by atoms with Gasteiger partial charge in [0.1, 0.15) is 0 Å². The minimum Gasteiger partial charge on any atom is -0.388 e. The first kappa shape index (κ1) is 12.0. The van der Waals surface area contributed by atoms with Crippen molar-refractivity contribution in [2.75, 3.05) is 6.54 Å². The zero-order valence-corrected chi connectivity index (χ0v) is 10.9. The number of rotatable bonds is 0. The molecule has 0 bridgehead atoms. The van der Waals surface area contributed by atoms with Crippen LogP contribution in [0, 0.1) is 5.92 Å². The second-order valence-electron chi connectivity index (χ2n) is 5.61. The summed E-state index contributed by atoms with van der Waals surface area (Å²) in [4.78, 5) is 0. The van der Waals surface area contributed by atoms with Crippen LogP contribution in [0.4, 0.5) is 0 Å². The maximum atomic E-state index is 3.69. The Bertz CT molecular complexity index is 242. The molecule has 0 saturated carbocycles. The molecule has 0 aromatic rings. The van der Waals surface area contributed by atoms with E-state index in [-0.39, 0.29) is 0 Å². The van der Waals surface area contributed by atoms with Gasteiger partial charge in [0.05, 0.1) is 0 Å². The highest BCUT2D eigenvalue weighted by atomic mass is 14.9. The standard InChI is InChI=1S/C15H27N/c1-13-9-6-4-2-3-5-7-10-14-11-8-12-16-15(13)14/h13,16H,2-12H2,1H3. The van der Waals surface area contributed by atoms with Crippen LogP contribution in [-0.2, 0) is 0 Å². The van der Waals surface area contributed by atoms with Crippen LogP contribution < -0.4 is 5.32 Å². The largest absolute Gasteiger partial charge is 0.388 e. The maximum absolute atomic E-state index is 3.69. The summed E-state index contributed by atoms with van der Waals surface area (Å²) >= 11 is 0. The van der Waals surface area contributed by atoms with Crippen LogP contribution in [0.5, 0.6) is 0 Å². The molecule has 1 atom stereocenters. The Morgan fingerprint density at radius 3 is 2.44 bits per heavy atom. The Morgan fingerprint density at radius 1 is 0.875 bits per heavy atom. The lowest BCUT2D eigenvalue weighted by Crippen LogP contribution is -2.26. The lowest BCUT2D eigenvalue weighted by atomic mass is 9.90. The SMILES string of the molecule is CC1CCCCCCCCC2=C1NCCC2. The number of hydrogen-bond donors (Lipinski definition) is 1. The Kier molecular flexibility index (Phi) is 4.74. The van der Waals surface area contributed by atoms with Crippen molar-refractivity contribution in [1.29, 1.82) is 0 Å². The van der Waals surface area contributed by atoms with E-state index in [9.17, 15) is 0 Å². The van der Waals surface area contributed by atoms with E-state index in [1.54, 1.807) is 11.3 Å². The fourth-order valence-corrected chi connectivity index (χ4v) is 3.21. The van der Waals surface area contributed by atoms with Crippen molar-refractivity contribution < 1.29 is 0 Å². The fourth-order valence-electron chi connectivity index (χ4n) is 3.21. The quantitative estimate of drug-likeness (QED) is 0.639. The zero-order valence-electron chi connectivity index (χ0n) is 10.9. The molecule has 0 aromatic carbocycles. The Morgan fingerprint density at radius 2 is 1.56 bits per heavy atom. The van der Waals surface area contributed by atoms with Crippen LogP contribution in [0.15, 0.2) is 11.3 Å². The molecule has 1 N–H and O–H groups in total. The summed E-state index contributed by atoms with van der Waals surface area (Å²) in [5.74, 6) is 0.786. The molecule has 1 aliphatic heterocycles. The van der Waals surface area contributed by atoms with Crippen molar-refractivity contribution in [1.82, 2.24) is 5.32 Å². The highest BCUT2D eigenvalue weighted by molar-refractivity contribution is 5.18. The van der Waals surface area contributed by atoms with E-state index >= 15 is 0 Å². The van der Waals surface area contributed by atoms with Gasteiger partial charge in [-0.1, -0.05) is 44.6 Å². The predicted octanol–water partition coefficient (Wildman–Crippen LogP) is 4.39. The van der Waals surface area contributed by atoms with Crippen molar-refractivity contribution >= 4 is 0 Å². The van der Waals surface area contributed by atoms with Gasteiger partial charge in [-0.05, 0) is 38.0 Å². The normalized spacial score (nSPS) is 28.9. The van der Waals surface area contributed by atoms with Gasteiger partial charge in [0.25, 0.3) is 0 Å². The molecule has 1 heterocycles. The number of allylic oxidation sites excluding steroid dienone is 2. The molecule has 0 aromatic heterocycles. The first-order valence-electron chi connectivity index (χ1n) is 7.33. The smallest absolute Gasteiger partial charge is 0.0147 e. The van der Waals surface area contributed by atoms with Gasteiger partial charge in [-0.3, -0.25) is 0 Å². The lowest BCUT2D eigenvalue weighted by Gasteiger charge is -2.27. The molecule has 1 aliphatic carbocycles. The van der Waals surface area contributed by atoms with E-state index in [2.05, 4.69) is 12.2 Å². The van der Waals surface area contributed by atoms with Crippen molar-refractivity contribution in [3.63, 3.8) is 0 Å². The topological polar surface area (TPSA) is 12.0 Å². The molecule has 1 heteroatoms. The second kappa shape index (κ2) is 6.32. The van der Waals surface area contributed by atoms with E-state index in [0.29, 0.717) is 0 Å². The molecule has 92 valence electrons. The highest BCUT2D eigenvalue weighted by Gasteiger charge is 2.17. The molecule has 1 unspecified atom stereocenters. The first-order chi connectivity index (χ1) is 7.88. The van der Waals surface area contributed by atoms with Gasteiger partial charge in [0.15, 0.2) is 0 Å². The minimum absolute atomic E-state index is 0.786. The molecule has 0 radical (unpaired) electrons. The van der Waals surface area contributed by atoms with Crippen molar-refractivity contribution in [3.8, 4) is 0 Å². The summed E-state index contributed by atoms with van der Waals surface area (Å²) in [5, 5.41) is 3.69. The molecule has 2 rings (SSSR count). The molecular formula is C15H27N. The summed E-state index contributed by atoms with van der Waals surface area (Å²) < 4.78 is 0. The van der Waals surface area contributed by atoms with E-state index in [0.717, 1.165) is 5.92 Å². The first-order valence-corrected chi connectivity index (χ1v) is 7.33. The summed E-state index contributed by atoms with van der Waals surface area (Å²) in [6, 6.07) is 0. The number of nitrogens with one attached hydrogen (secondary N) is 1. The third-order valence-corrected chi connectivity index (χ3v) is 4.21. The summed E-state index contributed by atoms with van der Waals surface area (Å²) in [6.07, 6.45) is 14.2. The van der Waals surface area contributed by atoms with E-state index < -0.39 is 0 Å². The zero-order chi connectivity index (χ0) is 11.2. The molecule has 16 heavy (non-hydrogen) atoms. The third-order valence-electron chi connectivity index (χ3n) is 4.21. The van der Waals surface area contributed by atoms with Gasteiger partial charge < -0.3 is 5.32 Å². The van der Waals surface area contributed by atoms with Gasteiger partial charge in [0.2, 0.25) is 0 Å². The third kappa shape index (κ3) is 3.26. The van der Waals surface area contributed by atoms with E-state index in [4.69, 9.17) is 0 Å². The Hall–Kier alpha value is -0.460. The Balaban J connectivity index is 2.04. The van der Waals surface area contributed by atoms with Crippen LogP contribution in [0.1, 0.15) is 71.1 Å². The summed E-state index contributed by atoms with van der Waals surface area (Å²) in [5.41, 5.74) is 3.40. The monoisotopic (exact) mass is 221 g/mol. The average molecular weight is 221 g/mol. The van der Waals surface area contributed by atoms with Crippen LogP contribution in [-0.4, -0.2) is 6.54 Å². The van der Waals surface area contributed by atoms with Gasteiger partial charge in [-0.25, -0.2) is 0 Å². The highest BCUT2D eigenvalue weighted by Crippen LogP contribution is 2.29. The molecule has 1 nitrogen and oxygen atoms in total. The molecular weight excluding hydrogens is 194 g/mol. The van der Waals surface area contributed by atoms with Crippen molar-refractivity contribution in [3.05, 3.63) is 11.3 Å². The van der Waals surface area contributed by atoms with Gasteiger partial charge in [0, 0.05) is 12.2 Å². The Labute approximate surface area is 101 Å². The second-order valence-corrected chi connectivity index (χ2v) is 5.61. The lowest BCUT2D eigenvalue weighted by molar-refractivity contribution is 0.489. The average Bonchev–Trinajstić information content (AvgIpc) is 2.35. The minimum atomic E-state index is 0.786. The van der Waals surface area contributed by atoms with Crippen LogP contribution >= 0.6 is 0 Å². The molecule has 0 spiro atoms. The van der Waals surface area contributed by atoms with Gasteiger partial charge in [-0.15, -0.1) is 0 Å². The van der Waals surface area contributed by atoms with Gasteiger partial charge >= 0.3 is 0 Å². The van der Waals surface area contributed by atoms with Crippen molar-refractivity contribution in [2.45, 2.75) is 71.1 Å². The van der Waals surface area contributed by atoms with Crippen molar-refractivity contribution in [2.24, 2.45) is 5.92 Å². The van der Waals surface area contributed by atoms with Crippen LogP contribution in [0.2, 0.25) is 0 Å². The number of hydrogen-bond acceptors (Lipinski definition) is 1. The molecule has 2 aliphatic rings. The van der Waals surface area contributed by atoms with E-state index in [1.807, 2.05) is 0 Å². The summed E-state index contributed by atoms with van der Waals surface area (Å²) in [7, 11) is 0. The molecule has 0 fully saturated rings. The predicted molar refractivity (Wildman–Crippen MR) is 70.4 cm³/mol.